The Morgan fingerprint density at radius 3 is 2.68 bits per heavy atom. The van der Waals surface area contributed by atoms with Crippen LogP contribution >= 0.6 is 12.2 Å². The standard InChI is InChI=1S/C17H17NO3S/c1-12(19)18-14(11-13-7-3-2-4-8-13)17(20)21-15-9-5-6-10-16(15)22/h2-9,14H,10-11H2,1H3,(H,18,19)/t14-/m0/s1. The number of carbonyl (C=O) groups excluding carboxylic acids is 2. The minimum absolute atomic E-state index is 0.280. The zero-order valence-electron chi connectivity index (χ0n) is 12.2. The number of allylic oxidation sites excluding steroid dienone is 4. The van der Waals surface area contributed by atoms with E-state index in [2.05, 4.69) is 5.32 Å². The SMILES string of the molecule is CC(=O)N[C@@H](Cc1ccccc1)C(=O)OC1=CC=CCC1=S. The lowest BCUT2D eigenvalue weighted by molar-refractivity contribution is -0.143. The fourth-order valence-corrected chi connectivity index (χ4v) is 2.29. The Kier molecular flexibility index (Phi) is 5.61. The molecule has 1 aromatic carbocycles. The molecule has 0 aromatic heterocycles. The molecule has 0 fully saturated rings. The number of amides is 1. The van der Waals surface area contributed by atoms with Gasteiger partial charge in [-0.2, -0.15) is 0 Å². The lowest BCUT2D eigenvalue weighted by Crippen LogP contribution is -2.42. The third kappa shape index (κ3) is 4.63. The molecule has 0 unspecified atom stereocenters. The van der Waals surface area contributed by atoms with Crippen LogP contribution in [0.5, 0.6) is 0 Å². The van der Waals surface area contributed by atoms with E-state index in [9.17, 15) is 9.59 Å². The topological polar surface area (TPSA) is 55.4 Å². The smallest absolute Gasteiger partial charge is 0.334 e. The van der Waals surface area contributed by atoms with Crippen molar-refractivity contribution in [3.63, 3.8) is 0 Å². The van der Waals surface area contributed by atoms with Gasteiger partial charge in [-0.15, -0.1) is 0 Å². The maximum absolute atomic E-state index is 12.3. The van der Waals surface area contributed by atoms with E-state index in [0.717, 1.165) is 5.56 Å². The Morgan fingerprint density at radius 1 is 1.32 bits per heavy atom. The van der Waals surface area contributed by atoms with Crippen LogP contribution in [0, 0.1) is 0 Å². The molecule has 0 saturated heterocycles. The monoisotopic (exact) mass is 315 g/mol. The van der Waals surface area contributed by atoms with Crippen molar-refractivity contribution >= 4 is 29.0 Å². The summed E-state index contributed by atoms with van der Waals surface area (Å²) < 4.78 is 5.35. The van der Waals surface area contributed by atoms with Gasteiger partial charge in [-0.1, -0.05) is 54.7 Å². The van der Waals surface area contributed by atoms with Crippen molar-refractivity contribution in [1.82, 2.24) is 5.32 Å². The van der Waals surface area contributed by atoms with Crippen LogP contribution in [0.15, 0.2) is 54.3 Å². The van der Waals surface area contributed by atoms with Crippen LogP contribution in [0.25, 0.3) is 0 Å². The lowest BCUT2D eigenvalue weighted by atomic mass is 10.1. The predicted molar refractivity (Wildman–Crippen MR) is 88.3 cm³/mol. The van der Waals surface area contributed by atoms with Gasteiger partial charge in [0.15, 0.2) is 0 Å². The second-order valence-corrected chi connectivity index (χ2v) is 5.44. The highest BCUT2D eigenvalue weighted by atomic mass is 32.1. The molecule has 2 rings (SSSR count). The Bertz CT molecular complexity index is 635. The van der Waals surface area contributed by atoms with Crippen molar-refractivity contribution in [3.8, 4) is 0 Å². The maximum atomic E-state index is 12.3. The number of rotatable bonds is 5. The molecule has 114 valence electrons. The van der Waals surface area contributed by atoms with Gasteiger partial charge < -0.3 is 10.1 Å². The molecule has 0 saturated carbocycles. The molecular weight excluding hydrogens is 298 g/mol. The molecule has 1 atom stereocenters. The summed E-state index contributed by atoms with van der Waals surface area (Å²) in [6, 6.07) is 8.72. The Morgan fingerprint density at radius 2 is 2.05 bits per heavy atom. The van der Waals surface area contributed by atoms with Crippen molar-refractivity contribution in [2.45, 2.75) is 25.8 Å². The Balaban J connectivity index is 2.09. The predicted octanol–water partition coefficient (Wildman–Crippen LogP) is 2.49. The van der Waals surface area contributed by atoms with Crippen molar-refractivity contribution in [2.24, 2.45) is 0 Å². The van der Waals surface area contributed by atoms with Gasteiger partial charge in [0.05, 0.1) is 4.86 Å². The molecule has 22 heavy (non-hydrogen) atoms. The van der Waals surface area contributed by atoms with E-state index in [1.54, 1.807) is 12.2 Å². The lowest BCUT2D eigenvalue weighted by Gasteiger charge is -2.18. The molecule has 5 heteroatoms. The van der Waals surface area contributed by atoms with Gasteiger partial charge in [-0.25, -0.2) is 4.79 Å². The largest absolute Gasteiger partial charge is 0.424 e. The number of nitrogens with one attached hydrogen (secondary N) is 1. The highest BCUT2D eigenvalue weighted by molar-refractivity contribution is 7.80. The first-order chi connectivity index (χ1) is 10.6. The molecular formula is C17H17NO3S. The molecule has 1 amide bonds. The van der Waals surface area contributed by atoms with Crippen LogP contribution in [0.4, 0.5) is 0 Å². The van der Waals surface area contributed by atoms with Crippen LogP contribution in [-0.4, -0.2) is 22.8 Å². The zero-order chi connectivity index (χ0) is 15.9. The summed E-state index contributed by atoms with van der Waals surface area (Å²) >= 11 is 5.17. The minimum atomic E-state index is -0.741. The molecule has 4 nitrogen and oxygen atoms in total. The molecule has 0 spiro atoms. The molecule has 0 radical (unpaired) electrons. The summed E-state index contributed by atoms with van der Waals surface area (Å²) in [7, 11) is 0. The molecule has 0 bridgehead atoms. The van der Waals surface area contributed by atoms with Gasteiger partial charge in [-0.3, -0.25) is 4.79 Å². The molecule has 1 aliphatic rings. The quantitative estimate of drug-likeness (QED) is 0.670. The van der Waals surface area contributed by atoms with Gasteiger partial charge in [0.25, 0.3) is 0 Å². The van der Waals surface area contributed by atoms with E-state index in [0.29, 0.717) is 23.5 Å². The van der Waals surface area contributed by atoms with E-state index in [-0.39, 0.29) is 5.91 Å². The van der Waals surface area contributed by atoms with E-state index >= 15 is 0 Å². The van der Waals surface area contributed by atoms with Crippen LogP contribution in [0.1, 0.15) is 18.9 Å². The fourth-order valence-electron chi connectivity index (χ4n) is 2.08. The summed E-state index contributed by atoms with van der Waals surface area (Å²) in [6.45, 7) is 1.37. The molecule has 1 N–H and O–H groups in total. The molecule has 0 heterocycles. The average Bonchev–Trinajstić information content (AvgIpc) is 2.49. The zero-order valence-corrected chi connectivity index (χ0v) is 13.1. The van der Waals surface area contributed by atoms with Crippen molar-refractivity contribution in [2.75, 3.05) is 0 Å². The summed E-state index contributed by atoms with van der Waals surface area (Å²) in [6.07, 6.45) is 6.31. The number of hydrogen-bond acceptors (Lipinski definition) is 4. The number of ether oxygens (including phenoxy) is 1. The molecule has 0 aliphatic heterocycles. The maximum Gasteiger partial charge on any atom is 0.334 e. The number of hydrogen-bond donors (Lipinski definition) is 1. The van der Waals surface area contributed by atoms with Crippen LogP contribution < -0.4 is 5.32 Å². The molecule has 1 aromatic rings. The summed E-state index contributed by atoms with van der Waals surface area (Å²) in [5.41, 5.74) is 0.943. The van der Waals surface area contributed by atoms with E-state index < -0.39 is 12.0 Å². The summed E-state index contributed by atoms with van der Waals surface area (Å²) in [4.78, 5) is 24.3. The van der Waals surface area contributed by atoms with E-state index in [4.69, 9.17) is 17.0 Å². The van der Waals surface area contributed by atoms with Gasteiger partial charge in [0, 0.05) is 19.8 Å². The van der Waals surface area contributed by atoms with Gasteiger partial charge in [-0.05, 0) is 11.6 Å². The first kappa shape index (κ1) is 16.1. The van der Waals surface area contributed by atoms with Gasteiger partial charge in [0.2, 0.25) is 5.91 Å². The number of thiocarbonyl (C=S) groups is 1. The van der Waals surface area contributed by atoms with Gasteiger partial charge >= 0.3 is 5.97 Å². The average molecular weight is 315 g/mol. The second kappa shape index (κ2) is 7.66. The normalized spacial score (nSPS) is 15.0. The first-order valence-electron chi connectivity index (χ1n) is 6.99. The first-order valence-corrected chi connectivity index (χ1v) is 7.40. The minimum Gasteiger partial charge on any atom is -0.424 e. The Hall–Kier alpha value is -2.27. The number of esters is 1. The van der Waals surface area contributed by atoms with Crippen molar-refractivity contribution < 1.29 is 14.3 Å². The highest BCUT2D eigenvalue weighted by Crippen LogP contribution is 2.13. The number of benzene rings is 1. The van der Waals surface area contributed by atoms with Crippen LogP contribution in [0.2, 0.25) is 0 Å². The van der Waals surface area contributed by atoms with E-state index in [1.807, 2.05) is 36.4 Å². The molecule has 1 aliphatic carbocycles. The van der Waals surface area contributed by atoms with Crippen molar-refractivity contribution in [1.29, 1.82) is 0 Å². The summed E-state index contributed by atoms with van der Waals surface area (Å²) in [5, 5.41) is 2.63. The summed E-state index contributed by atoms with van der Waals surface area (Å²) in [5.74, 6) is -0.410. The third-order valence-corrected chi connectivity index (χ3v) is 3.48. The van der Waals surface area contributed by atoms with Crippen molar-refractivity contribution in [3.05, 3.63) is 59.9 Å². The van der Waals surface area contributed by atoms with Crippen LogP contribution in [-0.2, 0) is 20.7 Å². The second-order valence-electron chi connectivity index (χ2n) is 4.95. The third-order valence-electron chi connectivity index (χ3n) is 3.12. The van der Waals surface area contributed by atoms with Crippen LogP contribution in [0.3, 0.4) is 0 Å². The fraction of sp³-hybridized carbons (Fsp3) is 0.235. The number of carbonyl (C=O) groups is 2. The Labute approximate surface area is 134 Å². The van der Waals surface area contributed by atoms with E-state index in [1.165, 1.54) is 6.92 Å². The highest BCUT2D eigenvalue weighted by Gasteiger charge is 2.24. The van der Waals surface area contributed by atoms with Gasteiger partial charge in [0.1, 0.15) is 11.8 Å².